The van der Waals surface area contributed by atoms with Crippen molar-refractivity contribution in [2.45, 2.75) is 11.9 Å². The summed E-state index contributed by atoms with van der Waals surface area (Å²) in [6.45, 7) is 0.351. The van der Waals surface area contributed by atoms with Gasteiger partial charge in [0.2, 0.25) is 0 Å². The van der Waals surface area contributed by atoms with Crippen LogP contribution in [0.15, 0.2) is 41.1 Å². The summed E-state index contributed by atoms with van der Waals surface area (Å²) < 4.78 is 6.57. The maximum absolute atomic E-state index is 10.7. The normalized spacial score (nSPS) is 10.3. The Morgan fingerprint density at radius 1 is 1.30 bits per heavy atom. The van der Waals surface area contributed by atoms with Crippen molar-refractivity contribution in [2.24, 2.45) is 0 Å². The van der Waals surface area contributed by atoms with Crippen LogP contribution in [0.25, 0.3) is 0 Å². The third-order valence-corrected chi connectivity index (χ3v) is 3.59. The molecule has 0 atom stereocenters. The minimum Gasteiger partial charge on any atom is -0.489 e. The third kappa shape index (κ3) is 3.77. The van der Waals surface area contributed by atoms with E-state index in [1.54, 1.807) is 18.5 Å². The van der Waals surface area contributed by atoms with Crippen LogP contribution in [-0.4, -0.2) is 9.91 Å². The van der Waals surface area contributed by atoms with Crippen LogP contribution in [0.2, 0.25) is 0 Å². The van der Waals surface area contributed by atoms with Crippen molar-refractivity contribution < 1.29 is 9.66 Å². The minimum atomic E-state index is -0.422. The number of benzene rings is 1. The summed E-state index contributed by atoms with van der Waals surface area (Å²) in [7, 11) is 0. The molecule has 0 aliphatic heterocycles. The smallest absolute Gasteiger partial charge is 0.270 e. The summed E-state index contributed by atoms with van der Waals surface area (Å²) in [4.78, 5) is 14.4. The molecule has 5 nitrogen and oxygen atoms in total. The molecule has 0 aliphatic rings. The van der Waals surface area contributed by atoms with Gasteiger partial charge in [-0.15, -0.1) is 0 Å². The molecule has 0 amide bonds. The summed E-state index contributed by atoms with van der Waals surface area (Å²) in [6, 6.07) is 6.45. The van der Waals surface area contributed by atoms with Gasteiger partial charge >= 0.3 is 0 Å². The highest BCUT2D eigenvalue weighted by atomic mass is 79.9. The average Bonchev–Trinajstić information content (AvgIpc) is 2.45. The number of nitrogens with zero attached hydrogens (tertiary/aromatic N) is 2. The molecular formula is C13H10Br2N2O3. The molecule has 0 bridgehead atoms. The van der Waals surface area contributed by atoms with Gasteiger partial charge in [0.05, 0.1) is 4.92 Å². The third-order valence-electron chi connectivity index (χ3n) is 2.55. The summed E-state index contributed by atoms with van der Waals surface area (Å²) in [5, 5.41) is 11.2. The Hall–Kier alpha value is -1.47. The van der Waals surface area contributed by atoms with E-state index in [0.29, 0.717) is 17.7 Å². The summed E-state index contributed by atoms with van der Waals surface area (Å²) >= 11 is 6.65. The van der Waals surface area contributed by atoms with Gasteiger partial charge in [-0.05, 0) is 28.1 Å². The number of hydrogen-bond acceptors (Lipinski definition) is 4. The number of hydrogen-bond donors (Lipinski definition) is 0. The van der Waals surface area contributed by atoms with E-state index >= 15 is 0 Å². The Balaban J connectivity index is 2.15. The average molecular weight is 402 g/mol. The van der Waals surface area contributed by atoms with Crippen molar-refractivity contribution >= 4 is 37.5 Å². The second-order valence-corrected chi connectivity index (χ2v) is 5.46. The minimum absolute atomic E-state index is 0.0518. The lowest BCUT2D eigenvalue weighted by Gasteiger charge is -2.10. The van der Waals surface area contributed by atoms with Crippen LogP contribution >= 0.6 is 31.9 Å². The maximum Gasteiger partial charge on any atom is 0.270 e. The molecule has 2 aromatic rings. The van der Waals surface area contributed by atoms with Crippen LogP contribution in [0, 0.1) is 10.1 Å². The SMILES string of the molecule is O=[N+]([O-])c1ccc(OCc2cncc(Br)c2)c(CBr)c1. The molecule has 20 heavy (non-hydrogen) atoms. The Morgan fingerprint density at radius 2 is 2.10 bits per heavy atom. The predicted octanol–water partition coefficient (Wildman–Crippen LogP) is 4.23. The molecule has 0 radical (unpaired) electrons. The van der Waals surface area contributed by atoms with Crippen molar-refractivity contribution in [1.82, 2.24) is 4.98 Å². The molecule has 7 heteroatoms. The highest BCUT2D eigenvalue weighted by molar-refractivity contribution is 9.10. The van der Waals surface area contributed by atoms with Gasteiger partial charge in [-0.2, -0.15) is 0 Å². The van der Waals surface area contributed by atoms with Crippen LogP contribution in [0.1, 0.15) is 11.1 Å². The molecule has 0 aliphatic carbocycles. The van der Waals surface area contributed by atoms with Crippen molar-refractivity contribution in [3.63, 3.8) is 0 Å². The summed E-state index contributed by atoms with van der Waals surface area (Å²) in [5.74, 6) is 0.618. The predicted molar refractivity (Wildman–Crippen MR) is 82.0 cm³/mol. The van der Waals surface area contributed by atoms with E-state index in [0.717, 1.165) is 15.6 Å². The molecule has 0 unspecified atom stereocenters. The lowest BCUT2D eigenvalue weighted by atomic mass is 10.2. The molecule has 0 spiro atoms. The standard InChI is InChI=1S/C13H10Br2N2O3/c14-5-10-4-12(17(18)19)1-2-13(10)20-8-9-3-11(15)7-16-6-9/h1-4,6-7H,5,8H2. The van der Waals surface area contributed by atoms with Crippen molar-refractivity contribution in [2.75, 3.05) is 0 Å². The van der Waals surface area contributed by atoms with Gasteiger partial charge in [-0.25, -0.2) is 0 Å². The van der Waals surface area contributed by atoms with Gasteiger partial charge in [0.1, 0.15) is 12.4 Å². The van der Waals surface area contributed by atoms with E-state index in [-0.39, 0.29) is 5.69 Å². The van der Waals surface area contributed by atoms with E-state index in [2.05, 4.69) is 36.8 Å². The van der Waals surface area contributed by atoms with E-state index in [9.17, 15) is 10.1 Å². The van der Waals surface area contributed by atoms with Gasteiger partial charge in [0.15, 0.2) is 0 Å². The van der Waals surface area contributed by atoms with Crippen LogP contribution in [0.5, 0.6) is 5.75 Å². The molecule has 0 saturated heterocycles. The Labute approximate surface area is 132 Å². The number of alkyl halides is 1. The van der Waals surface area contributed by atoms with Crippen LogP contribution in [-0.2, 0) is 11.9 Å². The first-order valence-corrected chi connectivity index (χ1v) is 7.57. The van der Waals surface area contributed by atoms with Gasteiger partial charge < -0.3 is 4.74 Å². The fourth-order valence-electron chi connectivity index (χ4n) is 1.62. The highest BCUT2D eigenvalue weighted by Gasteiger charge is 2.11. The van der Waals surface area contributed by atoms with Crippen LogP contribution < -0.4 is 4.74 Å². The fraction of sp³-hybridized carbons (Fsp3) is 0.154. The second-order valence-electron chi connectivity index (χ2n) is 3.98. The maximum atomic E-state index is 10.7. The number of halogens is 2. The summed E-state index contributed by atoms with van der Waals surface area (Å²) in [5.41, 5.74) is 1.70. The molecule has 1 aromatic carbocycles. The number of nitro groups is 1. The van der Waals surface area contributed by atoms with Gasteiger partial charge in [-0.1, -0.05) is 15.9 Å². The first kappa shape index (κ1) is 14.9. The monoisotopic (exact) mass is 400 g/mol. The number of rotatable bonds is 5. The first-order valence-electron chi connectivity index (χ1n) is 5.65. The molecule has 1 aromatic heterocycles. The fourth-order valence-corrected chi connectivity index (χ4v) is 2.47. The summed E-state index contributed by atoms with van der Waals surface area (Å²) in [6.07, 6.45) is 3.41. The number of pyridine rings is 1. The largest absolute Gasteiger partial charge is 0.489 e. The number of nitro benzene ring substituents is 1. The zero-order valence-corrected chi connectivity index (χ0v) is 13.4. The Morgan fingerprint density at radius 3 is 2.75 bits per heavy atom. The topological polar surface area (TPSA) is 65.3 Å². The van der Waals surface area contributed by atoms with Crippen LogP contribution in [0.3, 0.4) is 0 Å². The van der Waals surface area contributed by atoms with Crippen molar-refractivity contribution in [1.29, 1.82) is 0 Å². The zero-order chi connectivity index (χ0) is 14.5. The van der Waals surface area contributed by atoms with E-state index in [1.165, 1.54) is 12.1 Å². The number of non-ortho nitro benzene ring substituents is 1. The highest BCUT2D eigenvalue weighted by Crippen LogP contribution is 2.27. The number of ether oxygens (including phenoxy) is 1. The lowest BCUT2D eigenvalue weighted by molar-refractivity contribution is -0.384. The van der Waals surface area contributed by atoms with Gasteiger partial charge in [0, 0.05) is 45.5 Å². The Kier molecular flexibility index (Phi) is 5.08. The first-order chi connectivity index (χ1) is 9.60. The molecule has 104 valence electrons. The van der Waals surface area contributed by atoms with Crippen molar-refractivity contribution in [3.05, 3.63) is 62.4 Å². The quantitative estimate of drug-likeness (QED) is 0.427. The van der Waals surface area contributed by atoms with Crippen LogP contribution in [0.4, 0.5) is 5.69 Å². The molecule has 0 fully saturated rings. The lowest BCUT2D eigenvalue weighted by Crippen LogP contribution is -1.99. The number of aromatic nitrogens is 1. The Bertz CT molecular complexity index is 635. The molecule has 2 rings (SSSR count). The second kappa shape index (κ2) is 6.81. The van der Waals surface area contributed by atoms with Gasteiger partial charge in [-0.3, -0.25) is 15.1 Å². The molecular weight excluding hydrogens is 392 g/mol. The van der Waals surface area contributed by atoms with E-state index < -0.39 is 4.92 Å². The van der Waals surface area contributed by atoms with E-state index in [4.69, 9.17) is 4.74 Å². The van der Waals surface area contributed by atoms with Gasteiger partial charge in [0.25, 0.3) is 5.69 Å². The molecule has 0 N–H and O–H groups in total. The van der Waals surface area contributed by atoms with E-state index in [1.807, 2.05) is 6.07 Å². The molecule has 0 saturated carbocycles. The molecule has 1 heterocycles. The zero-order valence-electron chi connectivity index (χ0n) is 10.3. The van der Waals surface area contributed by atoms with Crippen molar-refractivity contribution in [3.8, 4) is 5.75 Å².